The van der Waals surface area contributed by atoms with Crippen LogP contribution < -0.4 is 11.1 Å². The molecule has 1 aromatic rings. The number of amides is 1. The van der Waals surface area contributed by atoms with E-state index >= 15 is 0 Å². The van der Waals surface area contributed by atoms with Gasteiger partial charge in [0.05, 0.1) is 0 Å². The molecule has 2 aliphatic carbocycles. The number of nitrogens with zero attached hydrogens (tertiary/aromatic N) is 2. The van der Waals surface area contributed by atoms with Crippen molar-refractivity contribution < 1.29 is 4.79 Å². The van der Waals surface area contributed by atoms with E-state index in [1.54, 1.807) is 0 Å². The van der Waals surface area contributed by atoms with Crippen LogP contribution in [0.1, 0.15) is 48.2 Å². The summed E-state index contributed by atoms with van der Waals surface area (Å²) >= 11 is 1.39. The number of nitrogen functional groups attached to an aromatic ring is 1. The van der Waals surface area contributed by atoms with Gasteiger partial charge in [0.1, 0.15) is 10.7 Å². The summed E-state index contributed by atoms with van der Waals surface area (Å²) in [5.74, 6) is 0.379. The molecular weight excluding hydrogens is 260 g/mol. The SMILES string of the molecule is CN(C(=O)c1sc(NC2CCC2)nc1N)C1CCC1. The molecule has 19 heavy (non-hydrogen) atoms. The predicted octanol–water partition coefficient (Wildman–Crippen LogP) is 2.31. The Bertz CT molecular complexity index is 479. The Morgan fingerprint density at radius 1 is 1.37 bits per heavy atom. The molecule has 0 bridgehead atoms. The van der Waals surface area contributed by atoms with Crippen LogP contribution in [-0.4, -0.2) is 34.9 Å². The Morgan fingerprint density at radius 3 is 2.58 bits per heavy atom. The van der Waals surface area contributed by atoms with Gasteiger partial charge in [-0.05, 0) is 38.5 Å². The van der Waals surface area contributed by atoms with Gasteiger partial charge >= 0.3 is 0 Å². The van der Waals surface area contributed by atoms with Gasteiger partial charge in [-0.1, -0.05) is 11.3 Å². The summed E-state index contributed by atoms with van der Waals surface area (Å²) in [4.78, 5) is 19.0. The lowest BCUT2D eigenvalue weighted by Crippen LogP contribution is -2.41. The first kappa shape index (κ1) is 12.7. The van der Waals surface area contributed by atoms with E-state index in [0.29, 0.717) is 22.8 Å². The fourth-order valence-corrected chi connectivity index (χ4v) is 3.32. The molecule has 2 fully saturated rings. The normalized spacial score (nSPS) is 19.6. The molecule has 1 amide bonds. The number of hydrogen-bond acceptors (Lipinski definition) is 5. The highest BCUT2D eigenvalue weighted by molar-refractivity contribution is 7.18. The zero-order valence-corrected chi connectivity index (χ0v) is 12.0. The van der Waals surface area contributed by atoms with Crippen LogP contribution in [0.4, 0.5) is 10.9 Å². The molecule has 0 unspecified atom stereocenters. The van der Waals surface area contributed by atoms with Gasteiger partial charge in [0.25, 0.3) is 5.91 Å². The zero-order chi connectivity index (χ0) is 13.4. The second-order valence-electron chi connectivity index (χ2n) is 5.51. The van der Waals surface area contributed by atoms with Crippen molar-refractivity contribution in [2.24, 2.45) is 0 Å². The number of carbonyl (C=O) groups excluding carboxylic acids is 1. The monoisotopic (exact) mass is 280 g/mol. The summed E-state index contributed by atoms with van der Waals surface area (Å²) in [6.07, 6.45) is 7.07. The Morgan fingerprint density at radius 2 is 2.05 bits per heavy atom. The van der Waals surface area contributed by atoms with E-state index in [1.807, 2.05) is 11.9 Å². The first-order valence-corrected chi connectivity index (χ1v) is 7.77. The van der Waals surface area contributed by atoms with Gasteiger partial charge in [-0.25, -0.2) is 4.98 Å². The standard InChI is InChI=1S/C13H20N4OS/c1-17(9-6-3-7-9)12(18)10-11(14)16-13(19-10)15-8-4-2-5-8/h8-9H,2-7,14H2,1H3,(H,15,16). The summed E-state index contributed by atoms with van der Waals surface area (Å²) in [7, 11) is 1.87. The molecule has 1 aromatic heterocycles. The Hall–Kier alpha value is -1.30. The largest absolute Gasteiger partial charge is 0.382 e. The van der Waals surface area contributed by atoms with E-state index in [9.17, 15) is 4.79 Å². The lowest BCUT2D eigenvalue weighted by Gasteiger charge is -2.34. The topological polar surface area (TPSA) is 71.2 Å². The van der Waals surface area contributed by atoms with Gasteiger partial charge in [-0.2, -0.15) is 0 Å². The smallest absolute Gasteiger partial charge is 0.267 e. The molecule has 1 heterocycles. The third-order valence-electron chi connectivity index (χ3n) is 4.22. The number of nitrogens with two attached hydrogens (primary N) is 1. The van der Waals surface area contributed by atoms with Crippen molar-refractivity contribution in [3.05, 3.63) is 4.88 Å². The number of anilines is 2. The molecule has 0 spiro atoms. The molecule has 0 atom stereocenters. The fourth-order valence-electron chi connectivity index (χ4n) is 2.37. The maximum Gasteiger partial charge on any atom is 0.267 e. The average molecular weight is 280 g/mol. The molecule has 0 aliphatic heterocycles. The predicted molar refractivity (Wildman–Crippen MR) is 77.5 cm³/mol. The number of rotatable bonds is 4. The van der Waals surface area contributed by atoms with Crippen molar-refractivity contribution in [2.45, 2.75) is 50.6 Å². The van der Waals surface area contributed by atoms with Crippen LogP contribution in [-0.2, 0) is 0 Å². The van der Waals surface area contributed by atoms with Gasteiger partial charge in [-0.15, -0.1) is 0 Å². The maximum absolute atomic E-state index is 12.4. The number of thiazole rings is 1. The lowest BCUT2D eigenvalue weighted by molar-refractivity contribution is 0.0658. The molecular formula is C13H20N4OS. The summed E-state index contributed by atoms with van der Waals surface area (Å²) in [5, 5.41) is 4.13. The molecule has 0 radical (unpaired) electrons. The highest BCUT2D eigenvalue weighted by Gasteiger charge is 2.29. The van der Waals surface area contributed by atoms with Crippen LogP contribution >= 0.6 is 11.3 Å². The fraction of sp³-hybridized carbons (Fsp3) is 0.692. The molecule has 2 saturated carbocycles. The first-order valence-electron chi connectivity index (χ1n) is 6.95. The van der Waals surface area contributed by atoms with Crippen molar-refractivity contribution in [3.8, 4) is 0 Å². The number of hydrogen-bond donors (Lipinski definition) is 2. The lowest BCUT2D eigenvalue weighted by atomic mass is 9.92. The van der Waals surface area contributed by atoms with Gasteiger partial charge in [-0.3, -0.25) is 4.79 Å². The molecule has 0 aromatic carbocycles. The van der Waals surface area contributed by atoms with Crippen LogP contribution in [0, 0.1) is 0 Å². The third kappa shape index (κ3) is 2.41. The Labute approximate surface area is 117 Å². The number of aromatic nitrogens is 1. The van der Waals surface area contributed by atoms with Crippen LogP contribution in [0.2, 0.25) is 0 Å². The second kappa shape index (κ2) is 5.00. The highest BCUT2D eigenvalue weighted by Crippen LogP contribution is 2.32. The average Bonchev–Trinajstić information content (AvgIpc) is 2.61. The highest BCUT2D eigenvalue weighted by atomic mass is 32.1. The van der Waals surface area contributed by atoms with Crippen molar-refractivity contribution in [1.82, 2.24) is 9.88 Å². The van der Waals surface area contributed by atoms with Gasteiger partial charge in [0.2, 0.25) is 0 Å². The molecule has 2 aliphatic rings. The minimum Gasteiger partial charge on any atom is -0.382 e. The molecule has 5 nitrogen and oxygen atoms in total. The Balaban J connectivity index is 1.70. The summed E-state index contributed by atoms with van der Waals surface area (Å²) in [6.45, 7) is 0. The Kier molecular flexibility index (Phi) is 3.35. The second-order valence-corrected chi connectivity index (χ2v) is 6.51. The minimum atomic E-state index is 0.0151. The van der Waals surface area contributed by atoms with Crippen LogP contribution in [0.3, 0.4) is 0 Å². The van der Waals surface area contributed by atoms with E-state index in [4.69, 9.17) is 5.73 Å². The van der Waals surface area contributed by atoms with E-state index in [1.165, 1.54) is 37.0 Å². The molecule has 3 N–H and O–H groups in total. The number of nitrogens with one attached hydrogen (secondary N) is 1. The van der Waals surface area contributed by atoms with Crippen molar-refractivity contribution in [3.63, 3.8) is 0 Å². The van der Waals surface area contributed by atoms with Gasteiger partial charge in [0, 0.05) is 19.1 Å². The number of carbonyl (C=O) groups is 1. The first-order chi connectivity index (χ1) is 9.15. The van der Waals surface area contributed by atoms with Crippen LogP contribution in [0.5, 0.6) is 0 Å². The van der Waals surface area contributed by atoms with Gasteiger partial charge < -0.3 is 16.0 Å². The van der Waals surface area contributed by atoms with Crippen LogP contribution in [0.15, 0.2) is 0 Å². The third-order valence-corrected chi connectivity index (χ3v) is 5.21. The summed E-state index contributed by atoms with van der Waals surface area (Å²) in [5.41, 5.74) is 5.89. The minimum absolute atomic E-state index is 0.0151. The molecule has 104 valence electrons. The maximum atomic E-state index is 12.4. The van der Waals surface area contributed by atoms with E-state index < -0.39 is 0 Å². The summed E-state index contributed by atoms with van der Waals surface area (Å²) < 4.78 is 0. The van der Waals surface area contributed by atoms with Crippen molar-refractivity contribution >= 4 is 28.2 Å². The summed E-state index contributed by atoms with van der Waals surface area (Å²) in [6, 6.07) is 0.898. The van der Waals surface area contributed by atoms with Crippen LogP contribution in [0.25, 0.3) is 0 Å². The molecule has 3 rings (SSSR count). The van der Waals surface area contributed by atoms with E-state index in [2.05, 4.69) is 10.3 Å². The van der Waals surface area contributed by atoms with Crippen molar-refractivity contribution in [2.75, 3.05) is 18.1 Å². The van der Waals surface area contributed by atoms with Crippen molar-refractivity contribution in [1.29, 1.82) is 0 Å². The molecule has 0 saturated heterocycles. The van der Waals surface area contributed by atoms with E-state index in [0.717, 1.165) is 18.0 Å². The van der Waals surface area contributed by atoms with E-state index in [-0.39, 0.29) is 5.91 Å². The molecule has 6 heteroatoms. The van der Waals surface area contributed by atoms with Gasteiger partial charge in [0.15, 0.2) is 5.13 Å². The quantitative estimate of drug-likeness (QED) is 0.888. The zero-order valence-electron chi connectivity index (χ0n) is 11.2.